The van der Waals surface area contributed by atoms with Gasteiger partial charge in [0, 0.05) is 50.3 Å². The minimum absolute atomic E-state index is 0. The number of non-ortho nitro benzene ring substituents is 2. The van der Waals surface area contributed by atoms with Crippen LogP contribution in [0.1, 0.15) is 183 Å². The van der Waals surface area contributed by atoms with Crippen molar-refractivity contribution in [2.75, 3.05) is 13.2 Å². The van der Waals surface area contributed by atoms with Crippen molar-refractivity contribution in [3.05, 3.63) is 178 Å². The van der Waals surface area contributed by atoms with Gasteiger partial charge in [-0.3, -0.25) is 43.3 Å². The van der Waals surface area contributed by atoms with Gasteiger partial charge in [0.2, 0.25) is 0 Å². The van der Waals surface area contributed by atoms with E-state index in [0.717, 1.165) is 102 Å². The van der Waals surface area contributed by atoms with E-state index in [2.05, 4.69) is 29.8 Å². The van der Waals surface area contributed by atoms with Gasteiger partial charge in [0.1, 0.15) is 22.8 Å². The van der Waals surface area contributed by atoms with Crippen LogP contribution in [0.4, 0.5) is 16.1 Å². The van der Waals surface area contributed by atoms with Crippen molar-refractivity contribution in [2.45, 2.75) is 195 Å². The van der Waals surface area contributed by atoms with Crippen LogP contribution in [0.3, 0.4) is 0 Å². The molecule has 99 heavy (non-hydrogen) atoms. The zero-order valence-corrected chi connectivity index (χ0v) is 59.8. The average molecular weight is 1410 g/mol. The molecule has 12 aromatic rings. The Bertz CT molecular complexity index is 5070. The fourth-order valence-corrected chi connectivity index (χ4v) is 14.7. The van der Waals surface area contributed by atoms with E-state index in [1.54, 1.807) is 24.3 Å². The van der Waals surface area contributed by atoms with E-state index in [-0.39, 0.29) is 39.7 Å². The summed E-state index contributed by atoms with van der Waals surface area (Å²) in [6.45, 7) is 17.8. The highest BCUT2D eigenvalue weighted by molar-refractivity contribution is 9.10. The first-order valence-corrected chi connectivity index (χ1v) is 36.2. The first-order chi connectivity index (χ1) is 47.3. The Kier molecular flexibility index (Phi) is 22.3. The van der Waals surface area contributed by atoms with Crippen molar-refractivity contribution >= 4 is 116 Å². The lowest BCUT2D eigenvalue weighted by Gasteiger charge is -2.32. The fourth-order valence-electron chi connectivity index (χ4n) is 14.2. The predicted octanol–water partition coefficient (Wildman–Crippen LogP) is 21.0. The Morgan fingerprint density at radius 1 is 0.485 bits per heavy atom. The molecule has 4 aromatic heterocycles. The fraction of sp³-hybridized carbons (Fsp3) is 0.400. The van der Waals surface area contributed by atoms with Crippen LogP contribution in [0.15, 0.2) is 135 Å². The van der Waals surface area contributed by atoms with Gasteiger partial charge in [0.25, 0.3) is 22.5 Å². The number of benzene rings is 8. The summed E-state index contributed by atoms with van der Waals surface area (Å²) in [5.41, 5.74) is 5.68. The van der Waals surface area contributed by atoms with Gasteiger partial charge in [-0.2, -0.15) is 0 Å². The van der Waals surface area contributed by atoms with Crippen LogP contribution in [0.25, 0.3) is 98.7 Å². The molecule has 13 rings (SSSR count). The van der Waals surface area contributed by atoms with E-state index in [1.165, 1.54) is 112 Å². The average Bonchev–Trinajstić information content (AvgIpc) is 1.51. The summed E-state index contributed by atoms with van der Waals surface area (Å²) in [6.07, 6.45) is 25.2. The molecule has 0 spiro atoms. The van der Waals surface area contributed by atoms with E-state index >= 15 is 0 Å². The van der Waals surface area contributed by atoms with Gasteiger partial charge < -0.3 is 18.8 Å². The van der Waals surface area contributed by atoms with Crippen molar-refractivity contribution in [3.63, 3.8) is 0 Å². The van der Waals surface area contributed by atoms with Gasteiger partial charge in [-0.15, -0.1) is 0 Å². The van der Waals surface area contributed by atoms with E-state index < -0.39 is 28.2 Å². The normalized spacial score (nSPS) is 13.6. The highest BCUT2D eigenvalue weighted by Crippen LogP contribution is 2.42. The minimum atomic E-state index is -0.623. The highest BCUT2D eigenvalue weighted by Gasteiger charge is 2.52. The number of nitro groups is 2. The van der Waals surface area contributed by atoms with Crippen LogP contribution in [0.2, 0.25) is 0 Å². The van der Waals surface area contributed by atoms with Crippen LogP contribution < -0.4 is 26.1 Å². The first kappa shape index (κ1) is 71.6. The number of unbranched alkanes of at least 4 members (excludes halogenated alkanes) is 18. The summed E-state index contributed by atoms with van der Waals surface area (Å²) in [6, 6.07) is 37.5. The molecule has 1 fully saturated rings. The number of ether oxygens (including phenoxy) is 2. The smallest absolute Gasteiger partial charge is 0.494 e. The van der Waals surface area contributed by atoms with Crippen LogP contribution >= 0.6 is 15.9 Å². The number of aryl methyl sites for hydroxylation is 2. The van der Waals surface area contributed by atoms with E-state index in [1.807, 2.05) is 139 Å². The molecule has 8 aromatic carbocycles. The number of imidazole rings is 2. The SMILES string of the molecule is CCCCCCCCCCCCOc1cc(C)cc(-c2cc([N+](=O)[O-])c3nc4c5ccc(B6OC(C)(C)C(C)(C)O6)c6cccc(c(=O)n4c3c2)c65)c1.CCCCCCCCCCCCOc1cc(C)cc(-c2cc([N+](=O)[O-])c3nc4c5ccc(Br)c6cccc(c(=O)n4c3c2)c65)c1.F.[HH]. The summed E-state index contributed by atoms with van der Waals surface area (Å²) < 4.78 is 29.1. The Morgan fingerprint density at radius 3 is 1.28 bits per heavy atom. The number of nitro benzene ring substituents is 2. The van der Waals surface area contributed by atoms with E-state index in [0.29, 0.717) is 57.4 Å². The standard InChI is InChI=1S/C43H50BN3O6.C37H38BrN3O4.FH.H2/c1-7-8-9-10-11-12-13-14-15-16-22-51-31-24-28(2)23-29(25-31)30-26-36-39(37(27-30)47(49)50)45-40-33-20-21-35(44-52-42(3,4)43(5,6)53-44)32-18-17-19-34(38(32)33)41(48)46(36)40;1-3-4-5-6-7-8-9-10-11-12-18-45-27-20-24(2)19-25(21-27)26-22-32-35(33(23-26)41(43)44)39-36-29-16-17-31(38)28-14-13-15-30(34(28)29)37(42)40(32)36;;/h17-21,23-27H,7-16,22H2,1-6H3;13-17,19-23H,3-12,18H2,1-2H3;2*1H. The number of fused-ring (bicyclic) bond motifs is 8. The molecule has 518 valence electrons. The third kappa shape index (κ3) is 14.8. The van der Waals surface area contributed by atoms with Gasteiger partial charge in [-0.05, 0) is 165 Å². The minimum Gasteiger partial charge on any atom is -0.494 e. The number of aromatic nitrogens is 4. The molecule has 1 saturated heterocycles. The summed E-state index contributed by atoms with van der Waals surface area (Å²) >= 11 is 3.59. The van der Waals surface area contributed by atoms with Gasteiger partial charge in [-0.25, -0.2) is 9.97 Å². The summed E-state index contributed by atoms with van der Waals surface area (Å²) in [5.74, 6) is 1.46. The maximum absolute atomic E-state index is 14.4. The molecule has 0 amide bonds. The molecular formula is C80H91BBrFN6O10. The lowest BCUT2D eigenvalue weighted by atomic mass is 9.75. The number of nitrogens with zero attached hydrogens (tertiary/aromatic N) is 6. The summed E-state index contributed by atoms with van der Waals surface area (Å²) in [5, 5.41) is 30.7. The molecule has 0 bridgehead atoms. The van der Waals surface area contributed by atoms with Gasteiger partial charge >= 0.3 is 7.12 Å². The van der Waals surface area contributed by atoms with Gasteiger partial charge in [0.15, 0.2) is 11.0 Å². The number of halogens is 2. The zero-order valence-electron chi connectivity index (χ0n) is 58.2. The Balaban J connectivity index is 0.000000214. The second-order valence-corrected chi connectivity index (χ2v) is 28.7. The quantitative estimate of drug-likeness (QED) is 0.0187. The molecule has 0 radical (unpaired) electrons. The number of rotatable bonds is 29. The van der Waals surface area contributed by atoms with Gasteiger partial charge in [0.05, 0.1) is 45.3 Å². The number of hydrogen-bond donors (Lipinski definition) is 0. The Hall–Kier alpha value is -8.65. The molecule has 0 atom stereocenters. The zero-order chi connectivity index (χ0) is 69.0. The molecule has 0 N–H and O–H groups in total. The lowest BCUT2D eigenvalue weighted by Crippen LogP contribution is -2.41. The topological polar surface area (TPSA) is 192 Å². The van der Waals surface area contributed by atoms with Crippen molar-refractivity contribution in [3.8, 4) is 33.8 Å². The molecule has 5 heterocycles. The molecule has 1 aliphatic rings. The maximum Gasteiger partial charge on any atom is 0.495 e. The predicted molar refractivity (Wildman–Crippen MR) is 407 cm³/mol. The molecule has 0 saturated carbocycles. The summed E-state index contributed by atoms with van der Waals surface area (Å²) in [7, 11) is -0.623. The molecule has 16 nitrogen and oxygen atoms in total. The number of hydrogen-bond acceptors (Lipinski definition) is 12. The van der Waals surface area contributed by atoms with Crippen LogP contribution in [0.5, 0.6) is 11.5 Å². The molecule has 19 heteroatoms. The van der Waals surface area contributed by atoms with Gasteiger partial charge in [-0.1, -0.05) is 194 Å². The maximum atomic E-state index is 14.4. The van der Waals surface area contributed by atoms with Crippen molar-refractivity contribution < 1.29 is 34.8 Å². The van der Waals surface area contributed by atoms with Crippen molar-refractivity contribution in [1.82, 2.24) is 18.8 Å². The third-order valence-corrected chi connectivity index (χ3v) is 20.8. The van der Waals surface area contributed by atoms with Crippen LogP contribution in [0, 0.1) is 34.1 Å². The molecule has 0 aliphatic carbocycles. The van der Waals surface area contributed by atoms with E-state index in [4.69, 9.17) is 28.8 Å². The Morgan fingerprint density at radius 2 is 0.859 bits per heavy atom. The van der Waals surface area contributed by atoms with Crippen LogP contribution in [-0.2, 0) is 9.31 Å². The third-order valence-electron chi connectivity index (χ3n) is 20.1. The summed E-state index contributed by atoms with van der Waals surface area (Å²) in [4.78, 5) is 61.9. The van der Waals surface area contributed by atoms with Crippen LogP contribution in [-0.4, -0.2) is 60.2 Å². The second kappa shape index (κ2) is 30.9. The molecule has 1 aliphatic heterocycles. The van der Waals surface area contributed by atoms with Crippen molar-refractivity contribution in [1.29, 1.82) is 0 Å². The molecular weight excluding hydrogens is 1310 g/mol. The molecule has 0 unspecified atom stereocenters. The second-order valence-electron chi connectivity index (χ2n) is 27.9. The van der Waals surface area contributed by atoms with Crippen molar-refractivity contribution in [2.24, 2.45) is 0 Å². The largest absolute Gasteiger partial charge is 0.495 e. The van der Waals surface area contributed by atoms with E-state index in [9.17, 15) is 29.8 Å². The highest BCUT2D eigenvalue weighted by atomic mass is 79.9. The lowest BCUT2D eigenvalue weighted by molar-refractivity contribution is -0.383. The first-order valence-electron chi connectivity index (χ1n) is 35.4. The number of pyridine rings is 2. The Labute approximate surface area is 586 Å². The monoisotopic (exact) mass is 1400 g/mol.